The van der Waals surface area contributed by atoms with E-state index in [1.165, 1.54) is 0 Å². The highest BCUT2D eigenvalue weighted by atomic mass is 16.5. The summed E-state index contributed by atoms with van der Waals surface area (Å²) in [4.78, 5) is 4.31. The molecule has 2 N–H and O–H groups in total. The van der Waals surface area contributed by atoms with E-state index in [1.807, 2.05) is 48.5 Å². The molecule has 5 heteroatoms. The van der Waals surface area contributed by atoms with Crippen molar-refractivity contribution in [2.24, 2.45) is 5.73 Å². The van der Waals surface area contributed by atoms with Gasteiger partial charge < -0.3 is 19.9 Å². The van der Waals surface area contributed by atoms with Gasteiger partial charge in [-0.15, -0.1) is 0 Å². The third-order valence-electron chi connectivity index (χ3n) is 3.71. The summed E-state index contributed by atoms with van der Waals surface area (Å²) in [5.74, 6) is 0. The molecule has 0 radical (unpaired) electrons. The number of methoxy groups -OCH3 is 2. The number of nitrogens with zero attached hydrogens (tertiary/aromatic N) is 1. The van der Waals surface area contributed by atoms with Crippen LogP contribution in [-0.2, 0) is 20.8 Å². The van der Waals surface area contributed by atoms with Crippen LogP contribution in [-0.4, -0.2) is 38.0 Å². The van der Waals surface area contributed by atoms with E-state index in [9.17, 15) is 0 Å². The van der Waals surface area contributed by atoms with E-state index in [-0.39, 0.29) is 18.2 Å². The van der Waals surface area contributed by atoms with Gasteiger partial charge in [-0.2, -0.15) is 0 Å². The van der Waals surface area contributed by atoms with Crippen LogP contribution in [0.25, 0.3) is 0 Å². The zero-order valence-electron chi connectivity index (χ0n) is 13.6. The van der Waals surface area contributed by atoms with Crippen molar-refractivity contribution < 1.29 is 14.2 Å². The van der Waals surface area contributed by atoms with Gasteiger partial charge >= 0.3 is 0 Å². The molecule has 3 atom stereocenters. The summed E-state index contributed by atoms with van der Waals surface area (Å²) in [5, 5.41) is 0. The number of nitrogens with two attached hydrogens (primary N) is 1. The summed E-state index contributed by atoms with van der Waals surface area (Å²) in [6.07, 6.45) is 1.09. The van der Waals surface area contributed by atoms with E-state index in [0.717, 1.165) is 11.3 Å². The molecular formula is C18H24N2O3. The Bertz CT molecular complexity index is 551. The Morgan fingerprint density at radius 3 is 2.35 bits per heavy atom. The summed E-state index contributed by atoms with van der Waals surface area (Å²) in [7, 11) is 3.25. The maximum Gasteiger partial charge on any atom is 0.117 e. The highest BCUT2D eigenvalue weighted by Gasteiger charge is 2.28. The van der Waals surface area contributed by atoms with Crippen molar-refractivity contribution in [3.63, 3.8) is 0 Å². The first-order valence-corrected chi connectivity index (χ1v) is 7.60. The maximum atomic E-state index is 6.32. The van der Waals surface area contributed by atoms with Gasteiger partial charge in [0, 0.05) is 20.4 Å². The highest BCUT2D eigenvalue weighted by molar-refractivity contribution is 5.13. The fourth-order valence-corrected chi connectivity index (χ4v) is 2.42. The van der Waals surface area contributed by atoms with Crippen LogP contribution >= 0.6 is 0 Å². The van der Waals surface area contributed by atoms with Crippen molar-refractivity contribution in [1.29, 1.82) is 0 Å². The minimum Gasteiger partial charge on any atom is -0.377 e. The minimum absolute atomic E-state index is 0.286. The molecule has 1 unspecified atom stereocenters. The van der Waals surface area contributed by atoms with Crippen LogP contribution in [0.15, 0.2) is 54.7 Å². The fourth-order valence-electron chi connectivity index (χ4n) is 2.42. The van der Waals surface area contributed by atoms with Crippen LogP contribution in [0.1, 0.15) is 17.4 Å². The van der Waals surface area contributed by atoms with Crippen LogP contribution in [0, 0.1) is 0 Å². The second-order valence-corrected chi connectivity index (χ2v) is 5.26. The monoisotopic (exact) mass is 316 g/mol. The number of benzene rings is 1. The lowest BCUT2D eigenvalue weighted by molar-refractivity contribution is -0.0466. The van der Waals surface area contributed by atoms with E-state index in [0.29, 0.717) is 13.2 Å². The summed E-state index contributed by atoms with van der Waals surface area (Å²) in [5.41, 5.74) is 8.22. The predicted octanol–water partition coefficient (Wildman–Crippen LogP) is 2.33. The largest absolute Gasteiger partial charge is 0.377 e. The molecule has 1 heterocycles. The Kier molecular flexibility index (Phi) is 7.16. The average Bonchev–Trinajstić information content (AvgIpc) is 2.61. The van der Waals surface area contributed by atoms with Crippen molar-refractivity contribution >= 4 is 0 Å². The highest BCUT2D eigenvalue weighted by Crippen LogP contribution is 2.20. The smallest absolute Gasteiger partial charge is 0.117 e. The standard InChI is InChI=1S/C18H24N2O3/c1-21-16(13-23-12-14-8-4-3-5-9-14)17(19)18(22-2)15-10-6-7-11-20-15/h3-11,16-18H,12-13,19H2,1-2H3/t16-,17+,18?/m1/s1. The van der Waals surface area contributed by atoms with Gasteiger partial charge in [0.15, 0.2) is 0 Å². The number of ether oxygens (including phenoxy) is 3. The maximum absolute atomic E-state index is 6.32. The molecule has 0 spiro atoms. The first kappa shape index (κ1) is 17.6. The molecule has 0 saturated heterocycles. The summed E-state index contributed by atoms with van der Waals surface area (Å²) < 4.78 is 16.8. The topological polar surface area (TPSA) is 66.6 Å². The number of rotatable bonds is 9. The van der Waals surface area contributed by atoms with Crippen molar-refractivity contribution in [3.05, 3.63) is 66.0 Å². The molecule has 0 amide bonds. The van der Waals surface area contributed by atoms with E-state index < -0.39 is 0 Å². The molecule has 1 aromatic heterocycles. The molecule has 0 fully saturated rings. The quantitative estimate of drug-likeness (QED) is 0.769. The molecule has 0 saturated carbocycles. The molecule has 0 bridgehead atoms. The first-order valence-electron chi connectivity index (χ1n) is 7.60. The van der Waals surface area contributed by atoms with Crippen LogP contribution in [0.5, 0.6) is 0 Å². The lowest BCUT2D eigenvalue weighted by Gasteiger charge is -2.28. The van der Waals surface area contributed by atoms with Crippen LogP contribution < -0.4 is 5.73 Å². The molecule has 23 heavy (non-hydrogen) atoms. The molecule has 0 aliphatic heterocycles. The number of hydrogen-bond donors (Lipinski definition) is 1. The lowest BCUT2D eigenvalue weighted by Crippen LogP contribution is -2.44. The third kappa shape index (κ3) is 5.11. The molecule has 1 aromatic carbocycles. The fraction of sp³-hybridized carbons (Fsp3) is 0.389. The van der Waals surface area contributed by atoms with Gasteiger partial charge in [-0.1, -0.05) is 36.4 Å². The van der Waals surface area contributed by atoms with Gasteiger partial charge in [-0.05, 0) is 17.7 Å². The second-order valence-electron chi connectivity index (χ2n) is 5.26. The van der Waals surface area contributed by atoms with Crippen molar-refractivity contribution in [3.8, 4) is 0 Å². The number of aromatic nitrogens is 1. The SMILES string of the molecule is COC(c1ccccn1)[C@@H](N)[C@@H](COCc1ccccc1)OC. The summed E-state index contributed by atoms with van der Waals surface area (Å²) >= 11 is 0. The van der Waals surface area contributed by atoms with Crippen LogP contribution in [0.2, 0.25) is 0 Å². The number of pyridine rings is 1. The van der Waals surface area contributed by atoms with Crippen LogP contribution in [0.4, 0.5) is 0 Å². The molecule has 2 aromatic rings. The molecular weight excluding hydrogens is 292 g/mol. The molecule has 0 aliphatic carbocycles. The normalized spacial score (nSPS) is 15.1. The second kappa shape index (κ2) is 9.37. The average molecular weight is 316 g/mol. The Labute approximate surface area is 137 Å². The first-order chi connectivity index (χ1) is 11.3. The Hall–Kier alpha value is -1.79. The van der Waals surface area contributed by atoms with Crippen molar-refractivity contribution in [2.45, 2.75) is 24.9 Å². The van der Waals surface area contributed by atoms with Crippen molar-refractivity contribution in [1.82, 2.24) is 4.98 Å². The Balaban J connectivity index is 1.93. The van der Waals surface area contributed by atoms with E-state index in [2.05, 4.69) is 4.98 Å². The number of hydrogen-bond acceptors (Lipinski definition) is 5. The zero-order valence-corrected chi connectivity index (χ0v) is 13.6. The van der Waals surface area contributed by atoms with Crippen LogP contribution in [0.3, 0.4) is 0 Å². The van der Waals surface area contributed by atoms with Gasteiger partial charge in [-0.25, -0.2) is 0 Å². The zero-order chi connectivity index (χ0) is 16.5. The van der Waals surface area contributed by atoms with E-state index in [4.69, 9.17) is 19.9 Å². The van der Waals surface area contributed by atoms with Gasteiger partial charge in [-0.3, -0.25) is 4.98 Å². The lowest BCUT2D eigenvalue weighted by atomic mass is 10.0. The molecule has 0 aliphatic rings. The summed E-state index contributed by atoms with van der Waals surface area (Å²) in [6.45, 7) is 0.911. The van der Waals surface area contributed by atoms with Gasteiger partial charge in [0.2, 0.25) is 0 Å². The van der Waals surface area contributed by atoms with E-state index in [1.54, 1.807) is 20.4 Å². The van der Waals surface area contributed by atoms with E-state index >= 15 is 0 Å². The van der Waals surface area contributed by atoms with Crippen molar-refractivity contribution in [2.75, 3.05) is 20.8 Å². The van der Waals surface area contributed by atoms with Gasteiger partial charge in [0.05, 0.1) is 31.1 Å². The Morgan fingerprint density at radius 2 is 1.74 bits per heavy atom. The molecule has 5 nitrogen and oxygen atoms in total. The predicted molar refractivity (Wildman–Crippen MR) is 88.9 cm³/mol. The summed E-state index contributed by atoms with van der Waals surface area (Å²) in [6, 6.07) is 15.3. The van der Waals surface area contributed by atoms with Gasteiger partial charge in [0.25, 0.3) is 0 Å². The Morgan fingerprint density at radius 1 is 1.00 bits per heavy atom. The third-order valence-corrected chi connectivity index (χ3v) is 3.71. The van der Waals surface area contributed by atoms with Gasteiger partial charge in [0.1, 0.15) is 6.10 Å². The molecule has 124 valence electrons. The minimum atomic E-state index is -0.379. The molecule has 2 rings (SSSR count).